The molecule has 2 N–H and O–H groups in total. The van der Waals surface area contributed by atoms with E-state index in [2.05, 4.69) is 5.32 Å². The van der Waals surface area contributed by atoms with E-state index in [0.29, 0.717) is 26.0 Å². The van der Waals surface area contributed by atoms with Gasteiger partial charge in [-0.25, -0.2) is 9.59 Å². The molecular weight excluding hydrogens is 236 g/mol. The van der Waals surface area contributed by atoms with Crippen molar-refractivity contribution in [3.63, 3.8) is 0 Å². The van der Waals surface area contributed by atoms with Crippen molar-refractivity contribution in [2.75, 3.05) is 20.3 Å². The summed E-state index contributed by atoms with van der Waals surface area (Å²) in [6.45, 7) is 6.53. The molecule has 0 aliphatic rings. The zero-order valence-electron chi connectivity index (χ0n) is 11.6. The summed E-state index contributed by atoms with van der Waals surface area (Å²) in [5.41, 5.74) is 0. The molecule has 2 atom stereocenters. The number of methoxy groups -OCH3 is 1. The molecule has 0 saturated heterocycles. The van der Waals surface area contributed by atoms with E-state index >= 15 is 0 Å². The molecule has 2 amide bonds. The number of aliphatic carboxylic acids is 1. The summed E-state index contributed by atoms with van der Waals surface area (Å²) in [4.78, 5) is 24.5. The summed E-state index contributed by atoms with van der Waals surface area (Å²) < 4.78 is 5.00. The number of carboxylic acid groups (broad SMARTS) is 1. The number of likely N-dealkylation sites (N-methyl/N-ethyl adjacent to an activating group) is 1. The lowest BCUT2D eigenvalue weighted by atomic mass is 10.2. The highest BCUT2D eigenvalue weighted by Gasteiger charge is 2.24. The molecule has 0 rings (SSSR count). The quantitative estimate of drug-likeness (QED) is 0.689. The highest BCUT2D eigenvalue weighted by Crippen LogP contribution is 2.03. The van der Waals surface area contributed by atoms with Crippen LogP contribution in [0.25, 0.3) is 0 Å². The Morgan fingerprint density at radius 1 is 1.39 bits per heavy atom. The number of urea groups is 1. The van der Waals surface area contributed by atoms with Crippen molar-refractivity contribution in [1.29, 1.82) is 0 Å². The Balaban J connectivity index is 4.53. The predicted octanol–water partition coefficient (Wildman–Crippen LogP) is 1.31. The second-order valence-corrected chi connectivity index (χ2v) is 4.22. The van der Waals surface area contributed by atoms with E-state index in [1.165, 1.54) is 0 Å². The van der Waals surface area contributed by atoms with Crippen LogP contribution in [-0.2, 0) is 9.53 Å². The lowest BCUT2D eigenvalue weighted by Crippen LogP contribution is -2.51. The summed E-state index contributed by atoms with van der Waals surface area (Å²) in [7, 11) is 1.57. The number of hydrogen-bond donors (Lipinski definition) is 2. The Kier molecular flexibility index (Phi) is 8.11. The maximum Gasteiger partial charge on any atom is 0.326 e. The number of amides is 2. The van der Waals surface area contributed by atoms with Gasteiger partial charge in [-0.1, -0.05) is 13.3 Å². The molecule has 0 aromatic rings. The van der Waals surface area contributed by atoms with E-state index in [0.717, 1.165) is 0 Å². The first-order valence-electron chi connectivity index (χ1n) is 6.26. The SMILES string of the molecule is CCC[C@@H](NC(=O)N(CC)C(C)COC)C(=O)O. The van der Waals surface area contributed by atoms with Crippen LogP contribution in [0.1, 0.15) is 33.6 Å². The van der Waals surface area contributed by atoms with Crippen molar-refractivity contribution < 1.29 is 19.4 Å². The molecule has 0 bridgehead atoms. The number of carbonyl (C=O) groups is 2. The first-order valence-corrected chi connectivity index (χ1v) is 6.26. The van der Waals surface area contributed by atoms with Crippen molar-refractivity contribution in [3.8, 4) is 0 Å². The molecule has 1 unspecified atom stereocenters. The summed E-state index contributed by atoms with van der Waals surface area (Å²) in [6, 6.07) is -1.27. The maximum absolute atomic E-state index is 12.0. The number of carbonyl (C=O) groups excluding carboxylic acids is 1. The summed E-state index contributed by atoms with van der Waals surface area (Å²) in [5, 5.41) is 11.5. The third kappa shape index (κ3) is 5.35. The Bertz CT molecular complexity index is 271. The number of carboxylic acids is 1. The molecule has 0 aliphatic heterocycles. The van der Waals surface area contributed by atoms with E-state index in [4.69, 9.17) is 9.84 Å². The van der Waals surface area contributed by atoms with Gasteiger partial charge in [0.25, 0.3) is 0 Å². The topological polar surface area (TPSA) is 78.9 Å². The fraction of sp³-hybridized carbons (Fsp3) is 0.833. The maximum atomic E-state index is 12.0. The van der Waals surface area contributed by atoms with Crippen molar-refractivity contribution in [3.05, 3.63) is 0 Å². The number of rotatable bonds is 8. The third-order valence-electron chi connectivity index (χ3n) is 2.71. The molecule has 106 valence electrons. The summed E-state index contributed by atoms with van der Waals surface area (Å²) in [6.07, 6.45) is 1.13. The molecule has 0 aromatic heterocycles. The van der Waals surface area contributed by atoms with Crippen molar-refractivity contribution in [2.24, 2.45) is 0 Å². The van der Waals surface area contributed by atoms with Crippen LogP contribution in [0.2, 0.25) is 0 Å². The zero-order valence-corrected chi connectivity index (χ0v) is 11.6. The van der Waals surface area contributed by atoms with Gasteiger partial charge in [0.05, 0.1) is 12.6 Å². The van der Waals surface area contributed by atoms with Crippen molar-refractivity contribution in [2.45, 2.75) is 45.7 Å². The Morgan fingerprint density at radius 3 is 2.39 bits per heavy atom. The third-order valence-corrected chi connectivity index (χ3v) is 2.71. The van der Waals surface area contributed by atoms with Gasteiger partial charge in [-0.05, 0) is 20.3 Å². The van der Waals surface area contributed by atoms with E-state index in [9.17, 15) is 9.59 Å². The fourth-order valence-corrected chi connectivity index (χ4v) is 1.76. The van der Waals surface area contributed by atoms with Crippen LogP contribution in [-0.4, -0.2) is 54.4 Å². The molecule has 6 heteroatoms. The zero-order chi connectivity index (χ0) is 14.1. The number of nitrogens with zero attached hydrogens (tertiary/aromatic N) is 1. The van der Waals surface area contributed by atoms with Gasteiger partial charge in [-0.2, -0.15) is 0 Å². The number of nitrogens with one attached hydrogen (secondary N) is 1. The average molecular weight is 260 g/mol. The first-order chi connectivity index (χ1) is 8.47. The van der Waals surface area contributed by atoms with Gasteiger partial charge in [-0.15, -0.1) is 0 Å². The monoisotopic (exact) mass is 260 g/mol. The van der Waals surface area contributed by atoms with Gasteiger partial charge in [0, 0.05) is 13.7 Å². The average Bonchev–Trinajstić information content (AvgIpc) is 2.29. The Labute approximate surface area is 108 Å². The standard InChI is InChI=1S/C12H24N2O4/c1-5-7-10(11(15)16)13-12(17)14(6-2)9(3)8-18-4/h9-10H,5-8H2,1-4H3,(H,13,17)(H,15,16)/t9?,10-/m1/s1. The van der Waals surface area contributed by atoms with Crippen LogP contribution in [0.15, 0.2) is 0 Å². The normalized spacial score (nSPS) is 13.8. The lowest BCUT2D eigenvalue weighted by Gasteiger charge is -2.29. The highest BCUT2D eigenvalue weighted by molar-refractivity contribution is 5.82. The van der Waals surface area contributed by atoms with Crippen LogP contribution in [0.3, 0.4) is 0 Å². The molecule has 6 nitrogen and oxygen atoms in total. The fourth-order valence-electron chi connectivity index (χ4n) is 1.76. The molecule has 0 saturated carbocycles. The van der Waals surface area contributed by atoms with Gasteiger partial charge in [0.1, 0.15) is 6.04 Å². The van der Waals surface area contributed by atoms with E-state index in [-0.39, 0.29) is 12.1 Å². The van der Waals surface area contributed by atoms with Gasteiger partial charge >= 0.3 is 12.0 Å². The smallest absolute Gasteiger partial charge is 0.326 e. The molecule has 18 heavy (non-hydrogen) atoms. The molecule has 0 spiro atoms. The molecule has 0 radical (unpaired) electrons. The second-order valence-electron chi connectivity index (χ2n) is 4.22. The highest BCUT2D eigenvalue weighted by atomic mass is 16.5. The van der Waals surface area contributed by atoms with Crippen LogP contribution in [0.5, 0.6) is 0 Å². The van der Waals surface area contributed by atoms with E-state index < -0.39 is 12.0 Å². The minimum absolute atomic E-state index is 0.0870. The van der Waals surface area contributed by atoms with E-state index in [1.807, 2.05) is 20.8 Å². The molecular formula is C12H24N2O4. The molecule has 0 aliphatic carbocycles. The molecule has 0 aromatic carbocycles. The van der Waals surface area contributed by atoms with Gasteiger partial charge < -0.3 is 20.1 Å². The van der Waals surface area contributed by atoms with Crippen LogP contribution < -0.4 is 5.32 Å². The van der Waals surface area contributed by atoms with Gasteiger partial charge in [-0.3, -0.25) is 0 Å². The van der Waals surface area contributed by atoms with Crippen molar-refractivity contribution in [1.82, 2.24) is 10.2 Å². The van der Waals surface area contributed by atoms with Crippen molar-refractivity contribution >= 4 is 12.0 Å². The largest absolute Gasteiger partial charge is 0.480 e. The minimum Gasteiger partial charge on any atom is -0.480 e. The first kappa shape index (κ1) is 16.7. The molecule has 0 heterocycles. The minimum atomic E-state index is -0.999. The number of ether oxygens (including phenoxy) is 1. The predicted molar refractivity (Wildman–Crippen MR) is 68.6 cm³/mol. The summed E-state index contributed by atoms with van der Waals surface area (Å²) >= 11 is 0. The van der Waals surface area contributed by atoms with Crippen LogP contribution >= 0.6 is 0 Å². The van der Waals surface area contributed by atoms with Crippen LogP contribution in [0, 0.1) is 0 Å². The Hall–Kier alpha value is -1.30. The Morgan fingerprint density at radius 2 is 2.00 bits per heavy atom. The molecule has 0 fully saturated rings. The van der Waals surface area contributed by atoms with Gasteiger partial charge in [0.15, 0.2) is 0 Å². The van der Waals surface area contributed by atoms with Crippen LogP contribution in [0.4, 0.5) is 4.79 Å². The summed E-state index contributed by atoms with van der Waals surface area (Å²) in [5.74, 6) is -0.999. The van der Waals surface area contributed by atoms with Gasteiger partial charge in [0.2, 0.25) is 0 Å². The number of hydrogen-bond acceptors (Lipinski definition) is 3. The van der Waals surface area contributed by atoms with E-state index in [1.54, 1.807) is 12.0 Å². The lowest BCUT2D eigenvalue weighted by molar-refractivity contribution is -0.139. The second kappa shape index (κ2) is 8.74.